The maximum Gasteiger partial charge on any atom is 0.508 e. The molecular formula is C27H39NO9. The number of hydrogen-bond acceptors (Lipinski definition) is 10. The fourth-order valence-corrected chi connectivity index (χ4v) is 3.79. The number of nitrogens with two attached hydrogens (primary N) is 1. The van der Waals surface area contributed by atoms with Gasteiger partial charge in [-0.1, -0.05) is 26.3 Å². The molecular weight excluding hydrogens is 482 g/mol. The van der Waals surface area contributed by atoms with Gasteiger partial charge in [-0.2, -0.15) is 0 Å². The molecule has 1 aliphatic carbocycles. The minimum absolute atomic E-state index is 0.0826. The van der Waals surface area contributed by atoms with E-state index in [1.165, 1.54) is 12.1 Å². The van der Waals surface area contributed by atoms with Crippen LogP contribution < -0.4 is 15.2 Å². The van der Waals surface area contributed by atoms with Crippen LogP contribution in [0.1, 0.15) is 84.1 Å². The van der Waals surface area contributed by atoms with Gasteiger partial charge in [-0.3, -0.25) is 14.4 Å². The van der Waals surface area contributed by atoms with E-state index in [1.807, 2.05) is 13.8 Å². The molecule has 0 bridgehead atoms. The maximum absolute atomic E-state index is 12.4. The van der Waals surface area contributed by atoms with Crippen molar-refractivity contribution < 1.29 is 42.9 Å². The van der Waals surface area contributed by atoms with Crippen molar-refractivity contribution in [3.05, 3.63) is 23.8 Å². The molecule has 206 valence electrons. The van der Waals surface area contributed by atoms with Crippen LogP contribution in [-0.4, -0.2) is 48.9 Å². The zero-order valence-electron chi connectivity index (χ0n) is 22.0. The predicted molar refractivity (Wildman–Crippen MR) is 134 cm³/mol. The molecule has 0 spiro atoms. The van der Waals surface area contributed by atoms with Crippen LogP contribution in [0.4, 0.5) is 4.79 Å². The molecule has 1 saturated carbocycles. The average Bonchev–Trinajstić information content (AvgIpc) is 2.85. The van der Waals surface area contributed by atoms with Gasteiger partial charge < -0.3 is 29.4 Å². The van der Waals surface area contributed by atoms with Gasteiger partial charge in [0.05, 0.1) is 0 Å². The summed E-state index contributed by atoms with van der Waals surface area (Å²) >= 11 is 0. The van der Waals surface area contributed by atoms with Crippen molar-refractivity contribution >= 4 is 24.1 Å². The highest BCUT2D eigenvalue weighted by Gasteiger charge is 2.23. The summed E-state index contributed by atoms with van der Waals surface area (Å²) < 4.78 is 26.4. The van der Waals surface area contributed by atoms with E-state index in [4.69, 9.17) is 29.4 Å². The second-order valence-electron chi connectivity index (χ2n) is 9.23. The van der Waals surface area contributed by atoms with Gasteiger partial charge in [-0.25, -0.2) is 4.79 Å². The highest BCUT2D eigenvalue weighted by molar-refractivity contribution is 5.77. The van der Waals surface area contributed by atoms with Crippen LogP contribution in [-0.2, 0) is 35.0 Å². The highest BCUT2D eigenvalue weighted by Crippen LogP contribution is 2.30. The number of carbonyl (C=O) groups excluding carboxylic acids is 4. The summed E-state index contributed by atoms with van der Waals surface area (Å²) in [5, 5.41) is 0. The van der Waals surface area contributed by atoms with Crippen molar-refractivity contribution in [1.82, 2.24) is 0 Å². The molecule has 0 unspecified atom stereocenters. The summed E-state index contributed by atoms with van der Waals surface area (Å²) in [6.45, 7) is 5.12. The number of esters is 3. The lowest BCUT2D eigenvalue weighted by atomic mass is 9.98. The third kappa shape index (κ3) is 11.2. The summed E-state index contributed by atoms with van der Waals surface area (Å²) in [5.41, 5.74) is 6.60. The van der Waals surface area contributed by atoms with E-state index in [0.29, 0.717) is 18.4 Å². The molecule has 37 heavy (non-hydrogen) atoms. The predicted octanol–water partition coefficient (Wildman–Crippen LogP) is 4.39. The summed E-state index contributed by atoms with van der Waals surface area (Å²) in [7, 11) is 0. The third-order valence-corrected chi connectivity index (χ3v) is 5.70. The largest absolute Gasteiger partial charge is 0.508 e. The van der Waals surface area contributed by atoms with Crippen LogP contribution in [0.2, 0.25) is 0 Å². The van der Waals surface area contributed by atoms with Crippen LogP contribution in [0.5, 0.6) is 11.5 Å². The second kappa shape index (κ2) is 15.9. The summed E-state index contributed by atoms with van der Waals surface area (Å²) in [6, 6.07) is 3.63. The normalized spacial score (nSPS) is 15.2. The van der Waals surface area contributed by atoms with E-state index in [2.05, 4.69) is 0 Å². The maximum atomic E-state index is 12.4. The number of carbonyl (C=O) groups is 4. The topological polar surface area (TPSA) is 140 Å². The summed E-state index contributed by atoms with van der Waals surface area (Å²) in [5.74, 6) is -1.39. The number of hydrogen-bond donors (Lipinski definition) is 1. The Kier molecular flexibility index (Phi) is 12.9. The SMILES string of the molecule is CCCC(=O)Oc1ccc(C[C@H](N)C(=O)OC[C@H](C)OC(=O)OC2CCCCC2)cc1OC(=O)CCC. The second-order valence-corrected chi connectivity index (χ2v) is 9.23. The Morgan fingerprint density at radius 3 is 2.19 bits per heavy atom. The number of ether oxygens (including phenoxy) is 5. The Hall–Kier alpha value is -3.14. The fourth-order valence-electron chi connectivity index (χ4n) is 3.79. The Morgan fingerprint density at radius 1 is 0.946 bits per heavy atom. The highest BCUT2D eigenvalue weighted by atomic mass is 16.7. The van der Waals surface area contributed by atoms with Crippen molar-refractivity contribution in [1.29, 1.82) is 0 Å². The first-order valence-electron chi connectivity index (χ1n) is 13.1. The molecule has 10 nitrogen and oxygen atoms in total. The zero-order valence-corrected chi connectivity index (χ0v) is 22.0. The van der Waals surface area contributed by atoms with Crippen LogP contribution in [0.3, 0.4) is 0 Å². The van der Waals surface area contributed by atoms with Crippen LogP contribution in [0.15, 0.2) is 18.2 Å². The number of rotatable bonds is 13. The molecule has 1 aliphatic rings. The first-order chi connectivity index (χ1) is 17.7. The van der Waals surface area contributed by atoms with Crippen molar-refractivity contribution in [3.63, 3.8) is 0 Å². The van der Waals surface area contributed by atoms with Gasteiger partial charge in [-0.05, 0) is 69.6 Å². The van der Waals surface area contributed by atoms with E-state index >= 15 is 0 Å². The van der Waals surface area contributed by atoms with E-state index < -0.39 is 36.2 Å². The minimum Gasteiger partial charge on any atom is -0.461 e. The quantitative estimate of drug-likeness (QED) is 0.293. The molecule has 0 aromatic heterocycles. The van der Waals surface area contributed by atoms with E-state index in [9.17, 15) is 19.2 Å². The van der Waals surface area contributed by atoms with Crippen molar-refractivity contribution in [2.24, 2.45) is 5.73 Å². The molecule has 1 aromatic rings. The molecule has 2 atom stereocenters. The summed E-state index contributed by atoms with van der Waals surface area (Å²) in [4.78, 5) is 48.3. The molecule has 0 radical (unpaired) electrons. The lowest BCUT2D eigenvalue weighted by Gasteiger charge is -2.22. The minimum atomic E-state index is -1.02. The van der Waals surface area contributed by atoms with Crippen molar-refractivity contribution in [3.8, 4) is 11.5 Å². The van der Waals surface area contributed by atoms with Gasteiger partial charge in [0.15, 0.2) is 11.5 Å². The molecule has 1 aromatic carbocycles. The Bertz CT molecular complexity index is 911. The summed E-state index contributed by atoms with van der Waals surface area (Å²) in [6.07, 6.45) is 4.97. The molecule has 0 heterocycles. The smallest absolute Gasteiger partial charge is 0.461 e. The lowest BCUT2D eigenvalue weighted by molar-refractivity contribution is -0.148. The lowest BCUT2D eigenvalue weighted by Crippen LogP contribution is -2.36. The van der Waals surface area contributed by atoms with Crippen molar-refractivity contribution in [2.45, 2.75) is 103 Å². The van der Waals surface area contributed by atoms with Crippen LogP contribution in [0, 0.1) is 0 Å². The van der Waals surface area contributed by atoms with Gasteiger partial charge in [0.1, 0.15) is 24.9 Å². The van der Waals surface area contributed by atoms with E-state index in [0.717, 1.165) is 32.1 Å². The van der Waals surface area contributed by atoms with Gasteiger partial charge in [0.25, 0.3) is 0 Å². The zero-order chi connectivity index (χ0) is 27.2. The van der Waals surface area contributed by atoms with Gasteiger partial charge in [0.2, 0.25) is 0 Å². The molecule has 10 heteroatoms. The molecule has 0 amide bonds. The van der Waals surface area contributed by atoms with E-state index in [-0.39, 0.29) is 43.5 Å². The molecule has 1 fully saturated rings. The Labute approximate surface area is 218 Å². The van der Waals surface area contributed by atoms with Gasteiger partial charge >= 0.3 is 24.1 Å². The third-order valence-electron chi connectivity index (χ3n) is 5.70. The van der Waals surface area contributed by atoms with Crippen LogP contribution >= 0.6 is 0 Å². The average molecular weight is 522 g/mol. The first kappa shape index (κ1) is 30.1. The van der Waals surface area contributed by atoms with Gasteiger partial charge in [0, 0.05) is 12.8 Å². The molecule has 0 saturated heterocycles. The Balaban J connectivity index is 1.90. The first-order valence-corrected chi connectivity index (χ1v) is 13.1. The molecule has 2 N–H and O–H groups in total. The number of benzene rings is 1. The molecule has 2 rings (SSSR count). The Morgan fingerprint density at radius 2 is 1.57 bits per heavy atom. The van der Waals surface area contributed by atoms with Crippen LogP contribution in [0.25, 0.3) is 0 Å². The molecule has 0 aliphatic heterocycles. The monoisotopic (exact) mass is 521 g/mol. The van der Waals surface area contributed by atoms with E-state index in [1.54, 1.807) is 13.0 Å². The fraction of sp³-hybridized carbons (Fsp3) is 0.630. The standard InChI is InChI=1S/C27H39NO9/c1-4-9-24(29)36-22-14-13-19(16-23(22)37-25(30)10-5-2)15-21(28)26(31)33-17-18(3)34-27(32)35-20-11-7-6-8-12-20/h13-14,16,18,20-21H,4-12,15,17,28H2,1-3H3/t18-,21-/m0/s1. The van der Waals surface area contributed by atoms with Crippen molar-refractivity contribution in [2.75, 3.05) is 6.61 Å². The van der Waals surface area contributed by atoms with Gasteiger partial charge in [-0.15, -0.1) is 0 Å².